The first-order valence-electron chi connectivity index (χ1n) is 22.5. The number of benzene rings is 1. The van der Waals surface area contributed by atoms with Crippen LogP contribution in [0, 0.1) is 17.8 Å². The number of nitrogens with zero attached hydrogens (tertiary/aromatic N) is 2. The van der Waals surface area contributed by atoms with Crippen molar-refractivity contribution in [2.75, 3.05) is 19.8 Å². The highest BCUT2D eigenvalue weighted by Gasteiger charge is 2.62. The van der Waals surface area contributed by atoms with E-state index in [1.54, 1.807) is 6.07 Å². The summed E-state index contributed by atoms with van der Waals surface area (Å²) < 4.78 is 63.1. The molecule has 2 aliphatic heterocycles. The van der Waals surface area contributed by atoms with Gasteiger partial charge in [-0.25, -0.2) is 22.8 Å². The van der Waals surface area contributed by atoms with Crippen LogP contribution in [0.15, 0.2) is 49.1 Å². The fraction of sp³-hybridized carbons (Fsp3) is 0.614. The monoisotopic (exact) mass is 927 g/mol. The number of hydrogen-bond acceptors (Lipinski definition) is 12. The molecule has 18 nitrogen and oxygen atoms in total. The summed E-state index contributed by atoms with van der Waals surface area (Å²) >= 11 is 0. The number of alkyl carbamates (subject to hydrolysis) is 1. The maximum atomic E-state index is 15.0. The number of phosphoric ester groups is 1. The number of pyridine rings is 1. The van der Waals surface area contributed by atoms with Crippen molar-refractivity contribution in [1.82, 2.24) is 25.2 Å². The van der Waals surface area contributed by atoms with Crippen LogP contribution in [0.3, 0.4) is 0 Å². The normalized spacial score (nSPS) is 29.1. The lowest BCUT2D eigenvalue weighted by Gasteiger charge is -2.32. The number of carbonyl (C=O) groups is 4. The summed E-state index contributed by atoms with van der Waals surface area (Å²) in [4.78, 5) is 81.8. The third-order valence-corrected chi connectivity index (χ3v) is 15.9. The molecule has 4 aliphatic carbocycles. The van der Waals surface area contributed by atoms with Crippen molar-refractivity contribution in [1.29, 1.82) is 0 Å². The number of nitrogens with one attached hydrogen (secondary N) is 3. The quantitative estimate of drug-likeness (QED) is 0.106. The Labute approximate surface area is 372 Å². The van der Waals surface area contributed by atoms with E-state index in [-0.39, 0.29) is 62.8 Å². The Hall–Kier alpha value is -4.55. The predicted octanol–water partition coefficient (Wildman–Crippen LogP) is 4.48. The van der Waals surface area contributed by atoms with Crippen LogP contribution in [-0.2, 0) is 44.7 Å². The molecule has 5 fully saturated rings. The van der Waals surface area contributed by atoms with Crippen LogP contribution in [0.4, 0.5) is 4.79 Å². The fourth-order valence-electron chi connectivity index (χ4n) is 9.88. The van der Waals surface area contributed by atoms with E-state index >= 15 is 4.79 Å². The molecule has 64 heavy (non-hydrogen) atoms. The van der Waals surface area contributed by atoms with Gasteiger partial charge in [-0.1, -0.05) is 43.2 Å². The summed E-state index contributed by atoms with van der Waals surface area (Å²) in [6.45, 7) is 3.51. The molecule has 6 aliphatic rings. The number of aromatic nitrogens is 1. The minimum atomic E-state index is -4.68. The smallest absolute Gasteiger partial charge is 0.469 e. The van der Waals surface area contributed by atoms with Crippen molar-refractivity contribution in [2.45, 2.75) is 131 Å². The molecule has 3 heterocycles. The van der Waals surface area contributed by atoms with Crippen LogP contribution in [0.5, 0.6) is 11.6 Å². The van der Waals surface area contributed by atoms with Crippen LogP contribution in [0.1, 0.15) is 95.5 Å². The van der Waals surface area contributed by atoms with Gasteiger partial charge in [0.2, 0.25) is 27.7 Å². The van der Waals surface area contributed by atoms with Crippen LogP contribution in [0.25, 0.3) is 10.9 Å². The second kappa shape index (κ2) is 19.1. The molecule has 5 N–H and O–H groups in total. The highest BCUT2D eigenvalue weighted by atomic mass is 32.2. The van der Waals surface area contributed by atoms with Gasteiger partial charge in [0.05, 0.1) is 36.1 Å². The Morgan fingerprint density at radius 2 is 1.78 bits per heavy atom. The number of carbonyl (C=O) groups excluding carboxylic acids is 4. The summed E-state index contributed by atoms with van der Waals surface area (Å²) in [7, 11) is -8.63. The molecule has 7 atom stereocenters. The SMILES string of the molecule is C=C[C@@H]1C[C@]1(NC(=O)[C@@H]1C[C@@H]2CN1C(=O)[C@H](C1CCCC1)NC(=O)O[C@@H]1CCC[C@H]1CCC=CCc1c(nc3ccccc3c1OCCCOP(=O)(O)O)O2)C(=O)NS(=O)(=O)C1CC1. The van der Waals surface area contributed by atoms with Gasteiger partial charge >= 0.3 is 13.9 Å². The maximum Gasteiger partial charge on any atom is 0.469 e. The summed E-state index contributed by atoms with van der Waals surface area (Å²) in [5, 5.41) is 5.75. The second-order valence-electron chi connectivity index (χ2n) is 18.0. The van der Waals surface area contributed by atoms with E-state index in [0.717, 1.165) is 32.1 Å². The first-order chi connectivity index (χ1) is 30.7. The number of hydrogen-bond donors (Lipinski definition) is 5. The lowest BCUT2D eigenvalue weighted by molar-refractivity contribution is -0.142. The van der Waals surface area contributed by atoms with Gasteiger partial charge in [-0.2, -0.15) is 0 Å². The lowest BCUT2D eigenvalue weighted by Crippen LogP contribution is -2.59. The summed E-state index contributed by atoms with van der Waals surface area (Å²) in [6, 6.07) is 5.07. The Kier molecular flexibility index (Phi) is 13.7. The average Bonchev–Trinajstić information content (AvgIpc) is 4.04. The van der Waals surface area contributed by atoms with Crippen molar-refractivity contribution in [3.05, 3.63) is 54.6 Å². The van der Waals surface area contributed by atoms with Crippen molar-refractivity contribution in [2.24, 2.45) is 17.8 Å². The molecule has 1 saturated heterocycles. The van der Waals surface area contributed by atoms with E-state index in [0.29, 0.717) is 67.2 Å². The molecule has 0 unspecified atom stereocenters. The topological polar surface area (TPSA) is 249 Å². The highest BCUT2D eigenvalue weighted by molar-refractivity contribution is 7.91. The van der Waals surface area contributed by atoms with Crippen molar-refractivity contribution >= 4 is 52.6 Å². The first-order valence-corrected chi connectivity index (χ1v) is 25.6. The Morgan fingerprint density at radius 3 is 2.52 bits per heavy atom. The molecule has 8 rings (SSSR count). The molecule has 1 aromatic carbocycles. The summed E-state index contributed by atoms with van der Waals surface area (Å²) in [6.07, 6.45) is 12.1. The minimum Gasteiger partial charge on any atom is -0.492 e. The Morgan fingerprint density at radius 1 is 1.02 bits per heavy atom. The van der Waals surface area contributed by atoms with Gasteiger partial charge in [-0.05, 0) is 94.6 Å². The number of phosphoric acid groups is 1. The molecule has 4 saturated carbocycles. The number of fused-ring (bicyclic) bond motifs is 5. The predicted molar refractivity (Wildman–Crippen MR) is 232 cm³/mol. The first kappa shape index (κ1) is 46.0. The van der Waals surface area contributed by atoms with Gasteiger partial charge in [0.1, 0.15) is 35.6 Å². The third kappa shape index (κ3) is 10.4. The minimum absolute atomic E-state index is 0.0401. The summed E-state index contributed by atoms with van der Waals surface area (Å²) in [5.74, 6) is -2.08. The van der Waals surface area contributed by atoms with Gasteiger partial charge in [-0.15, -0.1) is 6.58 Å². The van der Waals surface area contributed by atoms with Crippen molar-refractivity contribution in [3.8, 4) is 11.6 Å². The number of para-hydroxylation sites is 1. The molecular formula is C44H58N5O13PS. The zero-order chi connectivity index (χ0) is 45.2. The zero-order valence-corrected chi connectivity index (χ0v) is 37.4. The van der Waals surface area contributed by atoms with Gasteiger partial charge in [0.15, 0.2) is 0 Å². The van der Waals surface area contributed by atoms with Crippen LogP contribution < -0.4 is 24.8 Å². The molecule has 348 valence electrons. The largest absolute Gasteiger partial charge is 0.492 e. The molecule has 2 aromatic rings. The fourth-order valence-corrected chi connectivity index (χ4v) is 11.6. The van der Waals surface area contributed by atoms with Crippen LogP contribution in [-0.4, -0.2) is 107 Å². The molecule has 2 bridgehead atoms. The van der Waals surface area contributed by atoms with E-state index in [2.05, 4.69) is 32.5 Å². The van der Waals surface area contributed by atoms with E-state index in [4.69, 9.17) is 19.2 Å². The number of allylic oxidation sites excluding steroid dienone is 2. The third-order valence-electron chi connectivity index (χ3n) is 13.5. The maximum absolute atomic E-state index is 15.0. The highest BCUT2D eigenvalue weighted by Crippen LogP contribution is 2.46. The van der Waals surface area contributed by atoms with Crippen LogP contribution in [0.2, 0.25) is 0 Å². The van der Waals surface area contributed by atoms with Crippen LogP contribution >= 0.6 is 7.82 Å². The van der Waals surface area contributed by atoms with E-state index < -0.39 is 76.6 Å². The molecule has 4 amide bonds. The average molecular weight is 928 g/mol. The summed E-state index contributed by atoms with van der Waals surface area (Å²) in [5.41, 5.74) is -0.494. The van der Waals surface area contributed by atoms with Crippen molar-refractivity contribution < 1.29 is 60.7 Å². The Bertz CT molecular complexity index is 2310. The van der Waals surface area contributed by atoms with E-state index in [9.17, 15) is 37.2 Å². The second-order valence-corrected chi connectivity index (χ2v) is 21.2. The van der Waals surface area contributed by atoms with E-state index in [1.165, 1.54) is 11.0 Å². The van der Waals surface area contributed by atoms with E-state index in [1.807, 2.05) is 24.3 Å². The number of amides is 4. The molecule has 20 heteroatoms. The van der Waals surface area contributed by atoms with Gasteiger partial charge in [-0.3, -0.25) is 23.6 Å². The Balaban J connectivity index is 1.15. The zero-order valence-electron chi connectivity index (χ0n) is 35.7. The van der Waals surface area contributed by atoms with Crippen molar-refractivity contribution in [3.63, 3.8) is 0 Å². The lowest BCUT2D eigenvalue weighted by atomic mass is 9.96. The molecule has 1 aromatic heterocycles. The molecule has 0 radical (unpaired) electrons. The van der Waals surface area contributed by atoms with Gasteiger partial charge in [0.25, 0.3) is 5.91 Å². The van der Waals surface area contributed by atoms with Gasteiger partial charge in [0, 0.05) is 24.1 Å². The molecule has 0 spiro atoms. The standard InChI is InChI=1S/C44H58N5O13PS/c1-2-29-25-44(29,42(52)48-64(57,58)31-20-21-31)47-39(50)35-24-30-26-49(35)41(51)37(28-13-6-7-14-28)46-43(53)62-36-19-10-15-27(36)12-4-3-5-17-33-38(59-22-11-23-60-63(54,55)56)32-16-8-9-18-34(32)45-40(33)61-30/h2-3,5,8-9,16,18,27-31,35-37H,1,4,6-7,10-15,17,19-26H2,(H,46,53)(H,47,50)(H,48,52)(H2,54,55,56)/t27-,29-,30-,35+,36-,37+,44-/m1/s1. The number of sulfonamides is 1. The molecular weight excluding hydrogens is 870 g/mol. The number of rotatable bonds is 13. The van der Waals surface area contributed by atoms with Gasteiger partial charge < -0.3 is 39.5 Å². The number of ether oxygens (including phenoxy) is 3.